The van der Waals surface area contributed by atoms with Gasteiger partial charge in [-0.2, -0.15) is 0 Å². The molecule has 140 valence electrons. The number of hydrogen-bond donors (Lipinski definition) is 2. The molecule has 1 aliphatic rings. The van der Waals surface area contributed by atoms with E-state index in [1.54, 1.807) is 0 Å². The Labute approximate surface area is 167 Å². The first-order valence-corrected chi connectivity index (χ1v) is 9.76. The summed E-state index contributed by atoms with van der Waals surface area (Å²) >= 11 is 0. The van der Waals surface area contributed by atoms with Crippen LogP contribution in [-0.2, 0) is 5.54 Å². The average Bonchev–Trinajstić information content (AvgIpc) is 2.77. The Kier molecular flexibility index (Phi) is 5.14. The fourth-order valence-corrected chi connectivity index (χ4v) is 3.93. The van der Waals surface area contributed by atoms with Gasteiger partial charge >= 0.3 is 0 Å². The van der Waals surface area contributed by atoms with Crippen LogP contribution in [0.5, 0.6) is 0 Å². The number of hydrogen-bond acceptors (Lipinski definition) is 2. The first-order chi connectivity index (χ1) is 13.7. The lowest BCUT2D eigenvalue weighted by Gasteiger charge is -2.41. The second kappa shape index (κ2) is 7.87. The van der Waals surface area contributed by atoms with Crippen molar-refractivity contribution in [1.29, 1.82) is 0 Å². The normalized spacial score (nSPS) is 16.7. The van der Waals surface area contributed by atoms with Gasteiger partial charge in [-0.15, -0.1) is 0 Å². The van der Waals surface area contributed by atoms with E-state index in [-0.39, 0.29) is 6.17 Å². The average molecular weight is 367 g/mol. The molecule has 0 amide bonds. The number of dihydropyridines is 1. The monoisotopic (exact) mass is 366 g/mol. The van der Waals surface area contributed by atoms with E-state index in [1.165, 1.54) is 27.8 Å². The van der Waals surface area contributed by atoms with Crippen molar-refractivity contribution in [2.24, 2.45) is 0 Å². The van der Waals surface area contributed by atoms with Crippen molar-refractivity contribution in [2.45, 2.75) is 25.6 Å². The van der Waals surface area contributed by atoms with Crippen molar-refractivity contribution in [3.05, 3.63) is 131 Å². The molecule has 0 bridgehead atoms. The fraction of sp³-hybridized carbons (Fsp3) is 0.154. The molecule has 0 saturated heterocycles. The molecule has 0 aliphatic carbocycles. The Morgan fingerprint density at radius 1 is 0.679 bits per heavy atom. The van der Waals surface area contributed by atoms with E-state index in [0.29, 0.717) is 0 Å². The van der Waals surface area contributed by atoms with Gasteiger partial charge in [-0.1, -0.05) is 91.0 Å². The molecule has 1 atom stereocenters. The maximum absolute atomic E-state index is 3.98. The van der Waals surface area contributed by atoms with Crippen molar-refractivity contribution in [3.8, 4) is 0 Å². The first kappa shape index (κ1) is 18.3. The highest BCUT2D eigenvalue weighted by atomic mass is 15.2. The van der Waals surface area contributed by atoms with Crippen molar-refractivity contribution in [1.82, 2.24) is 10.6 Å². The minimum absolute atomic E-state index is 0.0330. The van der Waals surface area contributed by atoms with E-state index in [4.69, 9.17) is 0 Å². The van der Waals surface area contributed by atoms with E-state index in [9.17, 15) is 0 Å². The van der Waals surface area contributed by atoms with Gasteiger partial charge < -0.3 is 5.32 Å². The summed E-state index contributed by atoms with van der Waals surface area (Å²) in [5, 5.41) is 7.49. The molecule has 3 aromatic rings. The molecule has 1 heterocycles. The molecule has 0 saturated carbocycles. The second-order valence-electron chi connectivity index (χ2n) is 7.29. The van der Waals surface area contributed by atoms with E-state index < -0.39 is 5.54 Å². The highest BCUT2D eigenvalue weighted by molar-refractivity contribution is 5.50. The van der Waals surface area contributed by atoms with Crippen LogP contribution < -0.4 is 10.6 Å². The molecule has 0 radical (unpaired) electrons. The van der Waals surface area contributed by atoms with Crippen LogP contribution in [0, 0.1) is 0 Å². The Hall–Kier alpha value is -3.10. The van der Waals surface area contributed by atoms with E-state index in [0.717, 1.165) is 0 Å². The zero-order valence-corrected chi connectivity index (χ0v) is 16.4. The van der Waals surface area contributed by atoms with Gasteiger partial charge in [0.05, 0.1) is 5.54 Å². The predicted octanol–water partition coefficient (Wildman–Crippen LogP) is 5.35. The van der Waals surface area contributed by atoms with Crippen molar-refractivity contribution >= 4 is 0 Å². The lowest BCUT2D eigenvalue weighted by atomic mass is 9.76. The summed E-state index contributed by atoms with van der Waals surface area (Å²) in [5.74, 6) is 0. The van der Waals surface area contributed by atoms with Crippen LogP contribution in [-0.4, -0.2) is 6.17 Å². The summed E-state index contributed by atoms with van der Waals surface area (Å²) in [4.78, 5) is 0. The smallest absolute Gasteiger partial charge is 0.100 e. The summed E-state index contributed by atoms with van der Waals surface area (Å²) < 4.78 is 0. The molecule has 0 aromatic heterocycles. The van der Waals surface area contributed by atoms with Crippen LogP contribution in [0.1, 0.15) is 30.5 Å². The molecular formula is C26H26N2. The summed E-state index contributed by atoms with van der Waals surface area (Å²) in [6, 6.07) is 32.1. The highest BCUT2D eigenvalue weighted by Crippen LogP contribution is 2.37. The van der Waals surface area contributed by atoms with Gasteiger partial charge in [0, 0.05) is 0 Å². The molecule has 2 N–H and O–H groups in total. The fourth-order valence-electron chi connectivity index (χ4n) is 3.93. The number of nitrogens with one attached hydrogen (secondary N) is 2. The molecular weight excluding hydrogens is 340 g/mol. The maximum Gasteiger partial charge on any atom is 0.100 e. The lowest BCUT2D eigenvalue weighted by molar-refractivity contribution is 0.393. The standard InChI is InChI=1S/C26H26N2/c1-20-18-19-27-25(21(20)2)28-26(22-12-6-3-7-13-22,23-14-8-4-9-15-23)24-16-10-5-11-17-24/h3-19,25,27-28H,1-2H3. The first-order valence-electron chi connectivity index (χ1n) is 9.76. The number of benzene rings is 3. The third-order valence-electron chi connectivity index (χ3n) is 5.63. The third kappa shape index (κ3) is 3.28. The summed E-state index contributed by atoms with van der Waals surface area (Å²) in [6.07, 6.45) is 4.19. The van der Waals surface area contributed by atoms with E-state index >= 15 is 0 Å². The van der Waals surface area contributed by atoms with Crippen LogP contribution in [0.15, 0.2) is 114 Å². The van der Waals surface area contributed by atoms with Gasteiger partial charge in [0.15, 0.2) is 0 Å². The molecule has 4 rings (SSSR count). The van der Waals surface area contributed by atoms with E-state index in [2.05, 4.69) is 122 Å². The Balaban J connectivity index is 1.95. The SMILES string of the molecule is CC1=C(C)C(NC(c2ccccc2)(c2ccccc2)c2ccccc2)NC=C1. The van der Waals surface area contributed by atoms with Crippen LogP contribution in [0.2, 0.25) is 0 Å². The minimum Gasteiger partial charge on any atom is -0.372 e. The Morgan fingerprint density at radius 3 is 1.54 bits per heavy atom. The quantitative estimate of drug-likeness (QED) is 0.595. The Bertz CT molecular complexity index is 876. The molecule has 0 fully saturated rings. The minimum atomic E-state index is -0.478. The topological polar surface area (TPSA) is 24.1 Å². The molecule has 2 nitrogen and oxygen atoms in total. The lowest BCUT2D eigenvalue weighted by Crippen LogP contribution is -2.55. The second-order valence-corrected chi connectivity index (χ2v) is 7.29. The maximum atomic E-state index is 3.98. The van der Waals surface area contributed by atoms with Crippen LogP contribution >= 0.6 is 0 Å². The highest BCUT2D eigenvalue weighted by Gasteiger charge is 2.38. The van der Waals surface area contributed by atoms with Crippen molar-refractivity contribution in [3.63, 3.8) is 0 Å². The Morgan fingerprint density at radius 2 is 1.11 bits per heavy atom. The summed E-state index contributed by atoms with van der Waals surface area (Å²) in [5.41, 5.74) is 5.76. The van der Waals surface area contributed by atoms with Crippen LogP contribution in [0.4, 0.5) is 0 Å². The van der Waals surface area contributed by atoms with Crippen molar-refractivity contribution < 1.29 is 0 Å². The van der Waals surface area contributed by atoms with Crippen LogP contribution in [0.25, 0.3) is 0 Å². The molecule has 1 aliphatic heterocycles. The van der Waals surface area contributed by atoms with Gasteiger partial charge in [-0.05, 0) is 54.0 Å². The number of rotatable bonds is 5. The predicted molar refractivity (Wildman–Crippen MR) is 117 cm³/mol. The van der Waals surface area contributed by atoms with Gasteiger partial charge in [-0.3, -0.25) is 5.32 Å². The van der Waals surface area contributed by atoms with Gasteiger partial charge in [0.25, 0.3) is 0 Å². The van der Waals surface area contributed by atoms with Crippen LogP contribution in [0.3, 0.4) is 0 Å². The zero-order valence-electron chi connectivity index (χ0n) is 16.4. The largest absolute Gasteiger partial charge is 0.372 e. The summed E-state index contributed by atoms with van der Waals surface area (Å²) in [6.45, 7) is 4.35. The molecule has 2 heteroatoms. The number of allylic oxidation sites excluding steroid dienone is 2. The zero-order chi connectivity index (χ0) is 19.4. The third-order valence-corrected chi connectivity index (χ3v) is 5.63. The van der Waals surface area contributed by atoms with Gasteiger partial charge in [0.1, 0.15) is 6.17 Å². The summed E-state index contributed by atoms with van der Waals surface area (Å²) in [7, 11) is 0. The molecule has 3 aromatic carbocycles. The van der Waals surface area contributed by atoms with E-state index in [1.807, 2.05) is 6.20 Å². The van der Waals surface area contributed by atoms with Gasteiger partial charge in [-0.25, -0.2) is 0 Å². The van der Waals surface area contributed by atoms with Crippen molar-refractivity contribution in [2.75, 3.05) is 0 Å². The van der Waals surface area contributed by atoms with Gasteiger partial charge in [0.2, 0.25) is 0 Å². The molecule has 1 unspecified atom stereocenters. The molecule has 0 spiro atoms. The molecule has 28 heavy (non-hydrogen) atoms.